The monoisotopic (exact) mass is 447 g/mol. The predicted octanol–water partition coefficient (Wildman–Crippen LogP) is 3.09. The number of rotatable bonds is 6. The van der Waals surface area contributed by atoms with Crippen LogP contribution in [0.5, 0.6) is 0 Å². The minimum atomic E-state index is -4.16. The van der Waals surface area contributed by atoms with Crippen molar-refractivity contribution in [1.29, 1.82) is 0 Å². The van der Waals surface area contributed by atoms with E-state index >= 15 is 0 Å². The molecule has 0 bridgehead atoms. The molecular formula is C22H26FN3O4S. The zero-order chi connectivity index (χ0) is 22.8. The van der Waals surface area contributed by atoms with Gasteiger partial charge in [-0.2, -0.15) is 4.31 Å². The maximum Gasteiger partial charge on any atom is 0.255 e. The maximum absolute atomic E-state index is 14.4. The molecule has 7 nitrogen and oxygen atoms in total. The van der Waals surface area contributed by atoms with Crippen LogP contribution in [0.2, 0.25) is 0 Å². The Morgan fingerprint density at radius 1 is 1.10 bits per heavy atom. The summed E-state index contributed by atoms with van der Waals surface area (Å²) in [6.45, 7) is 4.25. The van der Waals surface area contributed by atoms with Crippen molar-refractivity contribution in [1.82, 2.24) is 4.31 Å². The second kappa shape index (κ2) is 9.15. The Kier molecular flexibility index (Phi) is 6.76. The molecule has 0 saturated carbocycles. The molecule has 9 heteroatoms. The number of amides is 2. The lowest BCUT2D eigenvalue weighted by atomic mass is 9.98. The number of primary amides is 1. The molecule has 1 heterocycles. The molecule has 0 atom stereocenters. The van der Waals surface area contributed by atoms with E-state index in [-0.39, 0.29) is 31.5 Å². The summed E-state index contributed by atoms with van der Waals surface area (Å²) in [4.78, 5) is 23.4. The highest BCUT2D eigenvalue weighted by atomic mass is 32.2. The van der Waals surface area contributed by atoms with Crippen LogP contribution in [-0.4, -0.2) is 37.6 Å². The largest absolute Gasteiger partial charge is 0.369 e. The molecule has 1 saturated heterocycles. The van der Waals surface area contributed by atoms with E-state index in [1.165, 1.54) is 6.07 Å². The van der Waals surface area contributed by atoms with Crippen LogP contribution < -0.4 is 11.1 Å². The minimum absolute atomic E-state index is 0.0277. The molecule has 0 radical (unpaired) electrons. The van der Waals surface area contributed by atoms with Gasteiger partial charge in [-0.25, -0.2) is 12.8 Å². The summed E-state index contributed by atoms with van der Waals surface area (Å²) >= 11 is 0. The van der Waals surface area contributed by atoms with Crippen LogP contribution in [0.4, 0.5) is 10.1 Å². The predicted molar refractivity (Wildman–Crippen MR) is 116 cm³/mol. The Labute approximate surface area is 181 Å². The lowest BCUT2D eigenvalue weighted by Crippen LogP contribution is -2.42. The van der Waals surface area contributed by atoms with Gasteiger partial charge in [-0.1, -0.05) is 26.0 Å². The second-order valence-corrected chi connectivity index (χ2v) is 9.86. The average Bonchev–Trinajstić information content (AvgIpc) is 2.74. The van der Waals surface area contributed by atoms with Crippen LogP contribution in [-0.2, 0) is 14.8 Å². The first-order chi connectivity index (χ1) is 14.6. The number of carbonyl (C=O) groups is 2. The first-order valence-corrected chi connectivity index (χ1v) is 11.5. The van der Waals surface area contributed by atoms with E-state index in [4.69, 9.17) is 5.73 Å². The highest BCUT2D eigenvalue weighted by molar-refractivity contribution is 7.89. The molecule has 2 aromatic carbocycles. The smallest absolute Gasteiger partial charge is 0.255 e. The molecule has 2 amide bonds. The van der Waals surface area contributed by atoms with Gasteiger partial charge in [0.1, 0.15) is 10.7 Å². The van der Waals surface area contributed by atoms with Crippen molar-refractivity contribution in [3.63, 3.8) is 0 Å². The maximum atomic E-state index is 14.4. The van der Waals surface area contributed by atoms with Gasteiger partial charge >= 0.3 is 0 Å². The van der Waals surface area contributed by atoms with E-state index in [2.05, 4.69) is 19.2 Å². The van der Waals surface area contributed by atoms with Crippen LogP contribution in [0.3, 0.4) is 0 Å². The molecule has 0 spiro atoms. The Hall–Kier alpha value is -2.78. The highest BCUT2D eigenvalue weighted by Crippen LogP contribution is 2.26. The Morgan fingerprint density at radius 3 is 2.26 bits per heavy atom. The highest BCUT2D eigenvalue weighted by Gasteiger charge is 2.33. The number of nitrogens with two attached hydrogens (primary N) is 1. The van der Waals surface area contributed by atoms with Crippen LogP contribution in [0.1, 0.15) is 48.5 Å². The summed E-state index contributed by atoms with van der Waals surface area (Å²) in [6.07, 6.45) is 0.561. The average molecular weight is 448 g/mol. The topological polar surface area (TPSA) is 110 Å². The Balaban J connectivity index is 1.79. The van der Waals surface area contributed by atoms with Crippen molar-refractivity contribution in [3.8, 4) is 0 Å². The summed E-state index contributed by atoms with van der Waals surface area (Å²) in [5, 5.41) is 2.70. The van der Waals surface area contributed by atoms with Crippen LogP contribution in [0.15, 0.2) is 47.4 Å². The van der Waals surface area contributed by atoms with Crippen LogP contribution in [0, 0.1) is 11.7 Å². The molecule has 3 rings (SSSR count). The van der Waals surface area contributed by atoms with Gasteiger partial charge in [-0.05, 0) is 54.7 Å². The van der Waals surface area contributed by atoms with Gasteiger partial charge in [0, 0.05) is 30.3 Å². The van der Waals surface area contributed by atoms with Crippen molar-refractivity contribution < 1.29 is 22.4 Å². The van der Waals surface area contributed by atoms with Crippen molar-refractivity contribution in [2.45, 2.75) is 37.5 Å². The van der Waals surface area contributed by atoms with Gasteiger partial charge in [-0.15, -0.1) is 0 Å². The fourth-order valence-electron chi connectivity index (χ4n) is 3.52. The van der Waals surface area contributed by atoms with Crippen molar-refractivity contribution >= 4 is 27.5 Å². The first-order valence-electron chi connectivity index (χ1n) is 10.1. The summed E-state index contributed by atoms with van der Waals surface area (Å²) < 4.78 is 41.5. The standard InChI is InChI=1S/C22H26FN3O4S/c1-14(2)15-3-6-18(7-4-15)25-22(28)17-5-8-19(23)20(13-17)31(29,30)26-11-9-16(10-12-26)21(24)27/h3-8,13-14,16H,9-12H2,1-2H3,(H2,24,27)(H,25,28). The first kappa shape index (κ1) is 22.9. The zero-order valence-corrected chi connectivity index (χ0v) is 18.3. The summed E-state index contributed by atoms with van der Waals surface area (Å²) in [5.41, 5.74) is 6.98. The van der Waals surface area contributed by atoms with Crippen molar-refractivity contribution in [2.75, 3.05) is 18.4 Å². The van der Waals surface area contributed by atoms with E-state index in [1.54, 1.807) is 12.1 Å². The molecular weight excluding hydrogens is 421 g/mol. The molecule has 0 unspecified atom stereocenters. The number of benzene rings is 2. The lowest BCUT2D eigenvalue weighted by molar-refractivity contribution is -0.122. The molecule has 1 fully saturated rings. The number of nitrogens with one attached hydrogen (secondary N) is 1. The fourth-order valence-corrected chi connectivity index (χ4v) is 5.08. The number of anilines is 1. The molecule has 1 aliphatic heterocycles. The van der Waals surface area contributed by atoms with Gasteiger partial charge in [-0.3, -0.25) is 9.59 Å². The SMILES string of the molecule is CC(C)c1ccc(NC(=O)c2ccc(F)c(S(=O)(=O)N3CCC(C(N)=O)CC3)c2)cc1. The molecule has 2 aromatic rings. The van der Waals surface area contributed by atoms with Gasteiger partial charge in [0.05, 0.1) is 0 Å². The van der Waals surface area contributed by atoms with Gasteiger partial charge < -0.3 is 11.1 Å². The van der Waals surface area contributed by atoms with Crippen LogP contribution >= 0.6 is 0 Å². The summed E-state index contributed by atoms with van der Waals surface area (Å²) in [7, 11) is -4.16. The number of hydrogen-bond acceptors (Lipinski definition) is 4. The number of nitrogens with zero attached hydrogens (tertiary/aromatic N) is 1. The third kappa shape index (κ3) is 5.11. The Morgan fingerprint density at radius 2 is 1.71 bits per heavy atom. The molecule has 1 aliphatic rings. The number of carbonyl (C=O) groups excluding carboxylic acids is 2. The van der Waals surface area contributed by atoms with E-state index in [1.807, 2.05) is 12.1 Å². The summed E-state index contributed by atoms with van der Waals surface area (Å²) in [5.74, 6) is -1.99. The van der Waals surface area contributed by atoms with Gasteiger partial charge in [0.2, 0.25) is 15.9 Å². The van der Waals surface area contributed by atoms with E-state index in [9.17, 15) is 22.4 Å². The molecule has 31 heavy (non-hydrogen) atoms. The molecule has 0 aromatic heterocycles. The molecule has 3 N–H and O–H groups in total. The van der Waals surface area contributed by atoms with Crippen molar-refractivity contribution in [3.05, 3.63) is 59.4 Å². The lowest BCUT2D eigenvalue weighted by Gasteiger charge is -2.29. The number of sulfonamides is 1. The third-order valence-electron chi connectivity index (χ3n) is 5.50. The van der Waals surface area contributed by atoms with Crippen LogP contribution in [0.25, 0.3) is 0 Å². The summed E-state index contributed by atoms with van der Waals surface area (Å²) in [6, 6.07) is 10.6. The van der Waals surface area contributed by atoms with E-state index in [0.29, 0.717) is 11.6 Å². The van der Waals surface area contributed by atoms with Gasteiger partial charge in [0.15, 0.2) is 0 Å². The minimum Gasteiger partial charge on any atom is -0.369 e. The normalized spacial score (nSPS) is 15.7. The number of halogens is 1. The quantitative estimate of drug-likeness (QED) is 0.709. The Bertz CT molecular complexity index is 1080. The van der Waals surface area contributed by atoms with E-state index in [0.717, 1.165) is 22.0 Å². The zero-order valence-electron chi connectivity index (χ0n) is 17.5. The number of hydrogen-bond donors (Lipinski definition) is 2. The third-order valence-corrected chi connectivity index (χ3v) is 7.42. The van der Waals surface area contributed by atoms with Gasteiger partial charge in [0.25, 0.3) is 5.91 Å². The van der Waals surface area contributed by atoms with Crippen molar-refractivity contribution in [2.24, 2.45) is 11.7 Å². The molecule has 166 valence electrons. The number of piperidine rings is 1. The second-order valence-electron chi connectivity index (χ2n) is 7.96. The van der Waals surface area contributed by atoms with E-state index < -0.39 is 38.5 Å². The fraction of sp³-hybridized carbons (Fsp3) is 0.364. The molecule has 0 aliphatic carbocycles.